The molecule has 0 saturated heterocycles. The molecule has 1 aromatic carbocycles. The molecule has 0 bridgehead atoms. The smallest absolute Gasteiger partial charge is 0.337 e. The molecule has 0 fully saturated rings. The second-order valence-corrected chi connectivity index (χ2v) is 5.32. The molecule has 0 aliphatic rings. The number of carboxylic acid groups (broad SMARTS) is 1. The molecule has 1 heterocycles. The van der Waals surface area contributed by atoms with Crippen LogP contribution in [0.3, 0.4) is 0 Å². The molecular weight excluding hydrogens is 322 g/mol. The van der Waals surface area contributed by atoms with Gasteiger partial charge in [-0.15, -0.1) is 0 Å². The Labute approximate surface area is 125 Å². The van der Waals surface area contributed by atoms with Crippen molar-refractivity contribution in [3.05, 3.63) is 52.3 Å². The Hall–Kier alpha value is -2.08. The van der Waals surface area contributed by atoms with Crippen molar-refractivity contribution in [2.24, 2.45) is 0 Å². The van der Waals surface area contributed by atoms with E-state index in [-0.39, 0.29) is 5.56 Å². The van der Waals surface area contributed by atoms with Gasteiger partial charge >= 0.3 is 5.97 Å². The molecule has 20 heavy (non-hydrogen) atoms. The third-order valence-electron chi connectivity index (χ3n) is 2.85. The average molecular weight is 336 g/mol. The second kappa shape index (κ2) is 5.92. The van der Waals surface area contributed by atoms with Crippen molar-refractivity contribution in [1.29, 1.82) is 0 Å². The van der Waals surface area contributed by atoms with Gasteiger partial charge in [-0.25, -0.2) is 4.79 Å². The van der Waals surface area contributed by atoms with Crippen molar-refractivity contribution in [1.82, 2.24) is 4.98 Å². The minimum Gasteiger partial charge on any atom is -0.478 e. The van der Waals surface area contributed by atoms with Crippen LogP contribution >= 0.6 is 15.9 Å². The van der Waals surface area contributed by atoms with E-state index < -0.39 is 5.97 Å². The summed E-state index contributed by atoms with van der Waals surface area (Å²) in [6, 6.07) is 8.64. The van der Waals surface area contributed by atoms with Crippen LogP contribution < -0.4 is 10.6 Å². The highest BCUT2D eigenvalue weighted by Crippen LogP contribution is 2.23. The molecule has 0 amide bonds. The number of pyridine rings is 1. The van der Waals surface area contributed by atoms with Gasteiger partial charge in [0.05, 0.1) is 23.5 Å². The van der Waals surface area contributed by atoms with Crippen molar-refractivity contribution in [3.63, 3.8) is 0 Å². The third-order valence-corrected chi connectivity index (χ3v) is 3.32. The highest BCUT2D eigenvalue weighted by molar-refractivity contribution is 9.10. The van der Waals surface area contributed by atoms with Crippen LogP contribution in [0, 0.1) is 0 Å². The molecule has 0 saturated carbocycles. The summed E-state index contributed by atoms with van der Waals surface area (Å²) in [5.74, 6) is -0.997. The summed E-state index contributed by atoms with van der Waals surface area (Å²) in [4.78, 5) is 17.4. The summed E-state index contributed by atoms with van der Waals surface area (Å²) in [6.45, 7) is 0.511. The van der Waals surface area contributed by atoms with Crippen molar-refractivity contribution in [2.45, 2.75) is 6.54 Å². The van der Waals surface area contributed by atoms with E-state index in [0.29, 0.717) is 17.9 Å². The van der Waals surface area contributed by atoms with Crippen LogP contribution in [0.1, 0.15) is 16.1 Å². The van der Waals surface area contributed by atoms with Crippen molar-refractivity contribution in [3.8, 4) is 0 Å². The number of carbonyl (C=O) groups is 1. The highest BCUT2D eigenvalue weighted by Gasteiger charge is 2.14. The Morgan fingerprint density at radius 2 is 2.15 bits per heavy atom. The Balaban J connectivity index is 2.27. The van der Waals surface area contributed by atoms with E-state index in [1.165, 1.54) is 6.07 Å². The quantitative estimate of drug-likeness (QED) is 0.840. The second-order valence-electron chi connectivity index (χ2n) is 4.41. The number of nitrogens with two attached hydrogens (primary N) is 1. The maximum Gasteiger partial charge on any atom is 0.337 e. The zero-order valence-corrected chi connectivity index (χ0v) is 12.5. The van der Waals surface area contributed by atoms with E-state index in [2.05, 4.69) is 20.9 Å². The molecular formula is C14H14BrN3O2. The molecule has 2 aromatic rings. The summed E-state index contributed by atoms with van der Waals surface area (Å²) >= 11 is 3.33. The fraction of sp³-hybridized carbons (Fsp3) is 0.143. The first-order chi connectivity index (χ1) is 9.47. The van der Waals surface area contributed by atoms with E-state index in [1.807, 2.05) is 24.1 Å². The molecule has 0 spiro atoms. The standard InChI is InChI=1S/C14H14BrN3O2/c1-18(8-11-4-2-9(15)7-17-11)13-5-3-10(16)6-12(13)14(19)20/h2-7H,8,16H2,1H3,(H,19,20). The van der Waals surface area contributed by atoms with E-state index >= 15 is 0 Å². The first-order valence-corrected chi connectivity index (χ1v) is 6.71. The molecule has 3 N–H and O–H groups in total. The maximum atomic E-state index is 11.3. The van der Waals surface area contributed by atoms with Gasteiger partial charge in [0.2, 0.25) is 0 Å². The zero-order chi connectivity index (χ0) is 14.7. The van der Waals surface area contributed by atoms with Crippen LogP contribution in [-0.2, 0) is 6.54 Å². The Morgan fingerprint density at radius 3 is 2.75 bits per heavy atom. The van der Waals surface area contributed by atoms with Crippen LogP contribution in [0.5, 0.6) is 0 Å². The van der Waals surface area contributed by atoms with Crippen LogP contribution in [0.4, 0.5) is 11.4 Å². The van der Waals surface area contributed by atoms with E-state index in [1.54, 1.807) is 18.3 Å². The van der Waals surface area contributed by atoms with Gasteiger partial charge < -0.3 is 15.7 Å². The number of carboxylic acids is 1. The lowest BCUT2D eigenvalue weighted by molar-refractivity contribution is 0.0697. The molecule has 0 unspecified atom stereocenters. The fourth-order valence-electron chi connectivity index (χ4n) is 1.89. The predicted octanol–water partition coefficient (Wildman–Crippen LogP) is 2.76. The van der Waals surface area contributed by atoms with Gasteiger partial charge in [-0.2, -0.15) is 0 Å². The molecule has 2 rings (SSSR count). The summed E-state index contributed by atoms with van der Waals surface area (Å²) in [5, 5.41) is 9.24. The van der Waals surface area contributed by atoms with E-state index in [4.69, 9.17) is 5.73 Å². The number of rotatable bonds is 4. The van der Waals surface area contributed by atoms with E-state index in [9.17, 15) is 9.90 Å². The first-order valence-electron chi connectivity index (χ1n) is 5.92. The monoisotopic (exact) mass is 335 g/mol. The van der Waals surface area contributed by atoms with Crippen LogP contribution in [0.15, 0.2) is 41.0 Å². The third kappa shape index (κ3) is 3.27. The first kappa shape index (κ1) is 14.3. The van der Waals surface area contributed by atoms with Crippen molar-refractivity contribution < 1.29 is 9.90 Å². The number of anilines is 2. The highest BCUT2D eigenvalue weighted by atomic mass is 79.9. The topological polar surface area (TPSA) is 79.5 Å². The van der Waals surface area contributed by atoms with Gasteiger partial charge in [-0.3, -0.25) is 4.98 Å². The number of benzene rings is 1. The summed E-state index contributed by atoms with van der Waals surface area (Å²) in [6.07, 6.45) is 1.71. The molecule has 5 nitrogen and oxygen atoms in total. The molecule has 0 aliphatic carbocycles. The van der Waals surface area contributed by atoms with Crippen molar-refractivity contribution in [2.75, 3.05) is 17.7 Å². The van der Waals surface area contributed by atoms with Crippen LogP contribution in [0.2, 0.25) is 0 Å². The number of aromatic carboxylic acids is 1. The van der Waals surface area contributed by atoms with Gasteiger partial charge in [0.15, 0.2) is 0 Å². The van der Waals surface area contributed by atoms with Crippen LogP contribution in [-0.4, -0.2) is 23.1 Å². The summed E-state index contributed by atoms with van der Waals surface area (Å²) < 4.78 is 0.905. The zero-order valence-electron chi connectivity index (χ0n) is 10.9. The maximum absolute atomic E-state index is 11.3. The largest absolute Gasteiger partial charge is 0.478 e. The van der Waals surface area contributed by atoms with Crippen LogP contribution in [0.25, 0.3) is 0 Å². The lowest BCUT2D eigenvalue weighted by Gasteiger charge is -2.21. The van der Waals surface area contributed by atoms with Gasteiger partial charge in [-0.1, -0.05) is 0 Å². The summed E-state index contributed by atoms with van der Waals surface area (Å²) in [5.41, 5.74) is 7.71. The molecule has 0 aliphatic heterocycles. The number of halogens is 1. The molecule has 1 aromatic heterocycles. The molecule has 0 radical (unpaired) electrons. The average Bonchev–Trinajstić information content (AvgIpc) is 2.41. The molecule has 6 heteroatoms. The number of aromatic nitrogens is 1. The number of hydrogen-bond donors (Lipinski definition) is 2. The summed E-state index contributed by atoms with van der Waals surface area (Å²) in [7, 11) is 1.82. The van der Waals surface area contributed by atoms with E-state index in [0.717, 1.165) is 10.2 Å². The number of nitrogen functional groups attached to an aromatic ring is 1. The number of hydrogen-bond acceptors (Lipinski definition) is 4. The molecule has 104 valence electrons. The fourth-order valence-corrected chi connectivity index (χ4v) is 2.12. The Kier molecular flexibility index (Phi) is 4.24. The lowest BCUT2D eigenvalue weighted by atomic mass is 10.1. The van der Waals surface area contributed by atoms with Gasteiger partial charge in [0, 0.05) is 23.4 Å². The SMILES string of the molecule is CN(Cc1ccc(Br)cn1)c1ccc(N)cc1C(=O)O. The minimum absolute atomic E-state index is 0.185. The Bertz CT molecular complexity index is 629. The van der Waals surface area contributed by atoms with Gasteiger partial charge in [0.1, 0.15) is 0 Å². The molecule has 0 atom stereocenters. The predicted molar refractivity (Wildman–Crippen MR) is 81.9 cm³/mol. The Morgan fingerprint density at radius 1 is 1.40 bits per heavy atom. The van der Waals surface area contributed by atoms with Gasteiger partial charge in [0.25, 0.3) is 0 Å². The van der Waals surface area contributed by atoms with Crippen molar-refractivity contribution >= 4 is 33.3 Å². The number of nitrogens with zero attached hydrogens (tertiary/aromatic N) is 2. The van der Waals surface area contributed by atoms with Gasteiger partial charge in [-0.05, 0) is 46.3 Å². The normalized spacial score (nSPS) is 10.3. The minimum atomic E-state index is -0.997. The lowest BCUT2D eigenvalue weighted by Crippen LogP contribution is -2.20.